The normalized spacial score (nSPS) is 14.8. The van der Waals surface area contributed by atoms with Crippen LogP contribution in [0.2, 0.25) is 0 Å². The fourth-order valence-corrected chi connectivity index (χ4v) is 2.46. The van der Waals surface area contributed by atoms with Gasteiger partial charge < -0.3 is 10.6 Å². The minimum absolute atomic E-state index is 0.0460. The van der Waals surface area contributed by atoms with Gasteiger partial charge in [-0.2, -0.15) is 13.2 Å². The fraction of sp³-hybridized carbons (Fsp3) is 0.278. The number of nitrogens with one attached hydrogen (secondary N) is 2. The molecule has 126 valence electrons. The van der Waals surface area contributed by atoms with E-state index in [0.29, 0.717) is 11.4 Å². The molecule has 2 aromatic carbocycles. The molecule has 2 N–H and O–H groups in total. The average Bonchev–Trinajstić information content (AvgIpc) is 2.47. The van der Waals surface area contributed by atoms with Crippen molar-refractivity contribution < 1.29 is 18.0 Å². The molecule has 0 aromatic heterocycles. The second-order valence-electron chi connectivity index (χ2n) is 5.89. The van der Waals surface area contributed by atoms with E-state index in [1.807, 2.05) is 0 Å². The molecule has 1 aliphatic rings. The lowest BCUT2D eigenvalue weighted by Crippen LogP contribution is -2.27. The topological polar surface area (TPSA) is 41.1 Å². The van der Waals surface area contributed by atoms with Crippen LogP contribution >= 0.6 is 0 Å². The first-order valence-electron chi connectivity index (χ1n) is 7.77. The summed E-state index contributed by atoms with van der Waals surface area (Å²) < 4.78 is 37.6. The van der Waals surface area contributed by atoms with Gasteiger partial charge in [-0.25, -0.2) is 0 Å². The molecule has 3 nitrogen and oxygen atoms in total. The first-order chi connectivity index (χ1) is 11.4. The molecule has 0 atom stereocenters. The Morgan fingerprint density at radius 2 is 1.38 bits per heavy atom. The largest absolute Gasteiger partial charge is 0.416 e. The van der Waals surface area contributed by atoms with Crippen LogP contribution in [0.15, 0.2) is 48.5 Å². The van der Waals surface area contributed by atoms with Crippen molar-refractivity contribution in [2.24, 2.45) is 5.92 Å². The highest BCUT2D eigenvalue weighted by atomic mass is 19.4. The van der Waals surface area contributed by atoms with E-state index in [1.54, 1.807) is 24.3 Å². The zero-order valence-corrected chi connectivity index (χ0v) is 12.9. The third-order valence-electron chi connectivity index (χ3n) is 4.13. The quantitative estimate of drug-likeness (QED) is 0.808. The van der Waals surface area contributed by atoms with Crippen LogP contribution in [0.3, 0.4) is 0 Å². The molecule has 0 radical (unpaired) electrons. The van der Waals surface area contributed by atoms with Gasteiger partial charge in [0.2, 0.25) is 5.91 Å². The van der Waals surface area contributed by atoms with Crippen molar-refractivity contribution in [1.29, 1.82) is 0 Å². The van der Waals surface area contributed by atoms with Crippen molar-refractivity contribution in [3.63, 3.8) is 0 Å². The lowest BCUT2D eigenvalue weighted by atomic mass is 9.85. The Hall–Kier alpha value is -2.50. The smallest absolute Gasteiger partial charge is 0.356 e. The zero-order chi connectivity index (χ0) is 17.2. The summed E-state index contributed by atoms with van der Waals surface area (Å²) in [5.74, 6) is 0.166. The Bertz CT molecular complexity index is 705. The number of hydrogen-bond acceptors (Lipinski definition) is 2. The maximum absolute atomic E-state index is 12.5. The summed E-state index contributed by atoms with van der Waals surface area (Å²) in [6, 6.07) is 11.9. The number of halogens is 3. The summed E-state index contributed by atoms with van der Waals surface area (Å²) in [6.45, 7) is 0. The molecule has 0 bridgehead atoms. The molecule has 24 heavy (non-hydrogen) atoms. The first-order valence-corrected chi connectivity index (χ1v) is 7.77. The Morgan fingerprint density at radius 1 is 0.875 bits per heavy atom. The summed E-state index contributed by atoms with van der Waals surface area (Å²) in [7, 11) is 0. The number of rotatable bonds is 4. The molecule has 2 aromatic rings. The molecule has 0 unspecified atom stereocenters. The minimum Gasteiger partial charge on any atom is -0.356 e. The van der Waals surface area contributed by atoms with E-state index in [-0.39, 0.29) is 11.8 Å². The second-order valence-corrected chi connectivity index (χ2v) is 5.89. The van der Waals surface area contributed by atoms with E-state index in [4.69, 9.17) is 0 Å². The van der Waals surface area contributed by atoms with E-state index in [2.05, 4.69) is 10.6 Å². The molecule has 6 heteroatoms. The van der Waals surface area contributed by atoms with Gasteiger partial charge in [-0.1, -0.05) is 6.42 Å². The summed E-state index contributed by atoms with van der Waals surface area (Å²) in [5, 5.41) is 5.90. The highest BCUT2D eigenvalue weighted by Crippen LogP contribution is 2.31. The van der Waals surface area contributed by atoms with Crippen molar-refractivity contribution in [3.8, 4) is 0 Å². The molecule has 0 aliphatic heterocycles. The maximum atomic E-state index is 12.5. The van der Waals surface area contributed by atoms with Crippen LogP contribution in [0.1, 0.15) is 24.8 Å². The van der Waals surface area contributed by atoms with Crippen LogP contribution in [0.5, 0.6) is 0 Å². The van der Waals surface area contributed by atoms with Gasteiger partial charge in [0.05, 0.1) is 5.56 Å². The van der Waals surface area contributed by atoms with Crippen LogP contribution in [-0.4, -0.2) is 5.91 Å². The van der Waals surface area contributed by atoms with Gasteiger partial charge in [-0.3, -0.25) is 4.79 Å². The maximum Gasteiger partial charge on any atom is 0.416 e. The van der Waals surface area contributed by atoms with E-state index >= 15 is 0 Å². The predicted octanol–water partition coefficient (Wildman–Crippen LogP) is 5.19. The predicted molar refractivity (Wildman–Crippen MR) is 87.1 cm³/mol. The molecule has 1 fully saturated rings. The molecular formula is C18H17F3N2O. The van der Waals surface area contributed by atoms with Crippen LogP contribution in [-0.2, 0) is 11.0 Å². The van der Waals surface area contributed by atoms with Crippen molar-refractivity contribution in [1.82, 2.24) is 0 Å². The van der Waals surface area contributed by atoms with E-state index in [1.165, 1.54) is 12.1 Å². The van der Waals surface area contributed by atoms with Gasteiger partial charge in [-0.05, 0) is 61.4 Å². The summed E-state index contributed by atoms with van der Waals surface area (Å²) in [5.41, 5.74) is 1.33. The van der Waals surface area contributed by atoms with Crippen LogP contribution in [0, 0.1) is 5.92 Å². The van der Waals surface area contributed by atoms with Crippen molar-refractivity contribution in [2.45, 2.75) is 25.4 Å². The lowest BCUT2D eigenvalue weighted by molar-refractivity contribution is -0.137. The highest BCUT2D eigenvalue weighted by molar-refractivity contribution is 5.93. The molecule has 1 aliphatic carbocycles. The monoisotopic (exact) mass is 334 g/mol. The van der Waals surface area contributed by atoms with Crippen LogP contribution < -0.4 is 10.6 Å². The van der Waals surface area contributed by atoms with Gasteiger partial charge in [0, 0.05) is 23.0 Å². The van der Waals surface area contributed by atoms with Crippen molar-refractivity contribution >= 4 is 23.0 Å². The minimum atomic E-state index is -4.33. The molecule has 3 rings (SSSR count). The van der Waals surface area contributed by atoms with Crippen LogP contribution in [0.4, 0.5) is 30.2 Å². The second kappa shape index (κ2) is 6.55. The first kappa shape index (κ1) is 16.4. The average molecular weight is 334 g/mol. The van der Waals surface area contributed by atoms with Gasteiger partial charge in [0.1, 0.15) is 0 Å². The van der Waals surface area contributed by atoms with Gasteiger partial charge >= 0.3 is 6.18 Å². The number of benzene rings is 2. The Morgan fingerprint density at radius 3 is 1.83 bits per heavy atom. The standard InChI is InChI=1S/C18H17F3N2O/c19-18(20,21)13-4-6-14(7-5-13)22-15-8-10-16(11-9-15)23-17(24)12-2-1-3-12/h4-12,22H,1-3H2,(H,23,24). The van der Waals surface area contributed by atoms with Gasteiger partial charge in [0.25, 0.3) is 0 Å². The molecule has 0 saturated heterocycles. The fourth-order valence-electron chi connectivity index (χ4n) is 2.46. The summed E-state index contributed by atoms with van der Waals surface area (Å²) >= 11 is 0. The Balaban J connectivity index is 1.60. The summed E-state index contributed by atoms with van der Waals surface area (Å²) in [4.78, 5) is 11.9. The third-order valence-corrected chi connectivity index (χ3v) is 4.13. The number of anilines is 3. The van der Waals surface area contributed by atoms with E-state index in [9.17, 15) is 18.0 Å². The number of carbonyl (C=O) groups excluding carboxylic acids is 1. The highest BCUT2D eigenvalue weighted by Gasteiger charge is 2.30. The van der Waals surface area contributed by atoms with Crippen LogP contribution in [0.25, 0.3) is 0 Å². The number of hydrogen-bond donors (Lipinski definition) is 2. The third kappa shape index (κ3) is 3.88. The van der Waals surface area contributed by atoms with Gasteiger partial charge in [-0.15, -0.1) is 0 Å². The van der Waals surface area contributed by atoms with E-state index < -0.39 is 11.7 Å². The molecule has 1 saturated carbocycles. The SMILES string of the molecule is O=C(Nc1ccc(Nc2ccc(C(F)(F)F)cc2)cc1)C1CCC1. The zero-order valence-electron chi connectivity index (χ0n) is 12.9. The molecule has 0 heterocycles. The summed E-state index contributed by atoms with van der Waals surface area (Å²) in [6.07, 6.45) is -1.34. The van der Waals surface area contributed by atoms with E-state index in [0.717, 1.165) is 37.1 Å². The molecule has 1 amide bonds. The molecular weight excluding hydrogens is 317 g/mol. The molecule has 0 spiro atoms. The lowest BCUT2D eigenvalue weighted by Gasteiger charge is -2.24. The van der Waals surface area contributed by atoms with Gasteiger partial charge in [0.15, 0.2) is 0 Å². The number of alkyl halides is 3. The number of carbonyl (C=O) groups is 1. The Kier molecular flexibility index (Phi) is 4.46. The van der Waals surface area contributed by atoms with Crippen molar-refractivity contribution in [3.05, 3.63) is 54.1 Å². The number of amides is 1. The van der Waals surface area contributed by atoms with Crippen molar-refractivity contribution in [2.75, 3.05) is 10.6 Å². The Labute approximate surface area is 137 Å².